The fraction of sp³-hybridized carbons (Fsp3) is 0.0769. The third-order valence-electron chi connectivity index (χ3n) is 5.26. The van der Waals surface area contributed by atoms with Crippen LogP contribution in [0.5, 0.6) is 11.5 Å². The minimum absolute atomic E-state index is 0.208. The average Bonchev–Trinajstić information content (AvgIpc) is 3.31. The molecular weight excluding hydrogens is 468 g/mol. The summed E-state index contributed by atoms with van der Waals surface area (Å²) in [7, 11) is 1.46. The highest BCUT2D eigenvalue weighted by Gasteiger charge is 2.17. The molecule has 0 atom stereocenters. The fourth-order valence-corrected chi connectivity index (χ4v) is 3.91. The standard InChI is InChI=1S/C26H17ClN4O4/c1-33-22-14-18(27)12-17(24(22)34-11-10-28)15-29-31-25(23-13-16-6-2-5-9-21(16)35-23)30-20-8-4-3-7-19(20)26(31)32/h2-9,12-15H,11H2,1H3. The summed E-state index contributed by atoms with van der Waals surface area (Å²) in [5.74, 6) is 1.22. The number of halogens is 1. The van der Waals surface area contributed by atoms with E-state index in [-0.39, 0.29) is 23.7 Å². The molecule has 0 aliphatic heterocycles. The van der Waals surface area contributed by atoms with E-state index in [9.17, 15) is 4.79 Å². The lowest BCUT2D eigenvalue weighted by Crippen LogP contribution is -2.20. The van der Waals surface area contributed by atoms with Crippen LogP contribution in [0.4, 0.5) is 0 Å². The van der Waals surface area contributed by atoms with Gasteiger partial charge < -0.3 is 13.9 Å². The van der Waals surface area contributed by atoms with Gasteiger partial charge >= 0.3 is 0 Å². The Labute approximate surface area is 204 Å². The summed E-state index contributed by atoms with van der Waals surface area (Å²) in [6, 6.07) is 21.4. The molecule has 8 nitrogen and oxygen atoms in total. The van der Waals surface area contributed by atoms with Crippen molar-refractivity contribution in [2.45, 2.75) is 0 Å². The first kappa shape index (κ1) is 22.2. The number of ether oxygens (including phenoxy) is 2. The van der Waals surface area contributed by atoms with E-state index in [1.165, 1.54) is 18.0 Å². The van der Waals surface area contributed by atoms with E-state index < -0.39 is 0 Å². The lowest BCUT2D eigenvalue weighted by molar-refractivity contribution is 0.329. The van der Waals surface area contributed by atoms with Crippen molar-refractivity contribution in [2.24, 2.45) is 5.10 Å². The lowest BCUT2D eigenvalue weighted by atomic mass is 10.2. The van der Waals surface area contributed by atoms with Gasteiger partial charge in [0.1, 0.15) is 11.7 Å². The van der Waals surface area contributed by atoms with Crippen LogP contribution in [0.25, 0.3) is 33.5 Å². The third kappa shape index (κ3) is 4.21. The highest BCUT2D eigenvalue weighted by Crippen LogP contribution is 2.34. The molecule has 0 spiro atoms. The Morgan fingerprint density at radius 2 is 1.97 bits per heavy atom. The third-order valence-corrected chi connectivity index (χ3v) is 5.48. The first-order chi connectivity index (χ1) is 17.1. The molecule has 0 saturated carbocycles. The van der Waals surface area contributed by atoms with E-state index in [0.29, 0.717) is 38.6 Å². The number of fused-ring (bicyclic) bond motifs is 2. The number of nitriles is 1. The summed E-state index contributed by atoms with van der Waals surface area (Å²) in [5, 5.41) is 15.0. The maximum absolute atomic E-state index is 13.4. The van der Waals surface area contributed by atoms with Gasteiger partial charge in [-0.2, -0.15) is 15.0 Å². The zero-order valence-electron chi connectivity index (χ0n) is 18.4. The number of hydrogen-bond donors (Lipinski definition) is 0. The van der Waals surface area contributed by atoms with Crippen molar-refractivity contribution in [3.05, 3.63) is 87.7 Å². The molecule has 0 aliphatic carbocycles. The summed E-state index contributed by atoms with van der Waals surface area (Å²) in [6.07, 6.45) is 1.41. The molecule has 0 unspecified atom stereocenters. The molecule has 0 saturated heterocycles. The first-order valence-corrected chi connectivity index (χ1v) is 10.9. The smallest absolute Gasteiger partial charge is 0.282 e. The van der Waals surface area contributed by atoms with E-state index in [2.05, 4.69) is 10.1 Å². The SMILES string of the molecule is COc1cc(Cl)cc(C=Nn2c(-c3cc4ccccc4o3)nc3ccccc3c2=O)c1OCC#N. The van der Waals surface area contributed by atoms with Crippen molar-refractivity contribution < 1.29 is 13.9 Å². The summed E-state index contributed by atoms with van der Waals surface area (Å²) in [4.78, 5) is 18.1. The van der Waals surface area contributed by atoms with Crippen LogP contribution in [0.15, 0.2) is 81.0 Å². The fourth-order valence-electron chi connectivity index (χ4n) is 3.70. The van der Waals surface area contributed by atoms with Crippen molar-refractivity contribution in [2.75, 3.05) is 13.7 Å². The van der Waals surface area contributed by atoms with E-state index in [0.717, 1.165) is 5.39 Å². The number of para-hydroxylation sites is 2. The van der Waals surface area contributed by atoms with Crippen LogP contribution in [0.1, 0.15) is 5.56 Å². The summed E-state index contributed by atoms with van der Waals surface area (Å²) < 4.78 is 18.1. The Bertz CT molecular complexity index is 1670. The Morgan fingerprint density at radius 1 is 1.17 bits per heavy atom. The van der Waals surface area contributed by atoms with Crippen molar-refractivity contribution in [1.29, 1.82) is 5.26 Å². The molecule has 3 aromatic carbocycles. The minimum Gasteiger partial charge on any atom is -0.493 e. The number of methoxy groups -OCH3 is 1. The zero-order valence-corrected chi connectivity index (χ0v) is 19.2. The quantitative estimate of drug-likeness (QED) is 0.305. The topological polar surface area (TPSA) is 103 Å². The predicted octanol–water partition coefficient (Wildman–Crippen LogP) is 5.26. The molecular formula is C26H17ClN4O4. The second-order valence-corrected chi connectivity index (χ2v) is 7.87. The molecule has 35 heavy (non-hydrogen) atoms. The van der Waals surface area contributed by atoms with Gasteiger partial charge in [0.25, 0.3) is 5.56 Å². The van der Waals surface area contributed by atoms with Gasteiger partial charge in [0.2, 0.25) is 5.82 Å². The predicted molar refractivity (Wildman–Crippen MR) is 133 cm³/mol. The van der Waals surface area contributed by atoms with Gasteiger partial charge in [-0.1, -0.05) is 41.9 Å². The van der Waals surface area contributed by atoms with E-state index in [1.807, 2.05) is 42.5 Å². The summed E-state index contributed by atoms with van der Waals surface area (Å²) in [5.41, 5.74) is 1.21. The van der Waals surface area contributed by atoms with E-state index >= 15 is 0 Å². The molecule has 0 aliphatic rings. The average molecular weight is 485 g/mol. The molecule has 0 N–H and O–H groups in total. The molecule has 5 rings (SSSR count). The summed E-state index contributed by atoms with van der Waals surface area (Å²) >= 11 is 6.24. The van der Waals surface area contributed by atoms with Crippen LogP contribution >= 0.6 is 11.6 Å². The normalized spacial score (nSPS) is 11.2. The largest absolute Gasteiger partial charge is 0.493 e. The molecule has 2 heterocycles. The number of rotatable bonds is 6. The number of hydrogen-bond acceptors (Lipinski definition) is 7. The van der Waals surface area contributed by atoms with Gasteiger partial charge in [0.15, 0.2) is 23.9 Å². The second kappa shape index (κ2) is 9.33. The monoisotopic (exact) mass is 484 g/mol. The first-order valence-electron chi connectivity index (χ1n) is 10.5. The van der Waals surface area contributed by atoms with Gasteiger partial charge in [-0.3, -0.25) is 4.79 Å². The van der Waals surface area contributed by atoms with E-state index in [4.69, 9.17) is 30.8 Å². The van der Waals surface area contributed by atoms with Gasteiger partial charge in [0, 0.05) is 22.0 Å². The number of furan rings is 1. The van der Waals surface area contributed by atoms with Crippen LogP contribution < -0.4 is 15.0 Å². The molecule has 0 radical (unpaired) electrons. The van der Waals surface area contributed by atoms with Gasteiger partial charge in [0.05, 0.1) is 24.2 Å². The summed E-state index contributed by atoms with van der Waals surface area (Å²) in [6.45, 7) is -0.208. The van der Waals surface area contributed by atoms with Crippen molar-refractivity contribution in [3.8, 4) is 29.2 Å². The van der Waals surface area contributed by atoms with Gasteiger partial charge in [-0.05, 0) is 30.3 Å². The van der Waals surface area contributed by atoms with Crippen molar-refractivity contribution in [1.82, 2.24) is 9.66 Å². The molecule has 5 aromatic rings. The molecule has 9 heteroatoms. The maximum atomic E-state index is 13.4. The Hall–Kier alpha value is -4.61. The number of nitrogens with zero attached hydrogens (tertiary/aromatic N) is 4. The molecule has 0 bridgehead atoms. The Morgan fingerprint density at radius 3 is 2.77 bits per heavy atom. The van der Waals surface area contributed by atoms with Crippen molar-refractivity contribution >= 4 is 39.7 Å². The molecule has 172 valence electrons. The van der Waals surface area contributed by atoms with Gasteiger partial charge in [-0.25, -0.2) is 4.98 Å². The minimum atomic E-state index is -0.379. The second-order valence-electron chi connectivity index (χ2n) is 7.44. The maximum Gasteiger partial charge on any atom is 0.282 e. The number of benzene rings is 3. The molecule has 2 aromatic heterocycles. The zero-order chi connectivity index (χ0) is 24.4. The highest BCUT2D eigenvalue weighted by molar-refractivity contribution is 6.31. The van der Waals surface area contributed by atoms with Crippen LogP contribution in [0.2, 0.25) is 5.02 Å². The van der Waals surface area contributed by atoms with Crippen LogP contribution in [0, 0.1) is 11.3 Å². The van der Waals surface area contributed by atoms with E-state index in [1.54, 1.807) is 30.3 Å². The lowest BCUT2D eigenvalue weighted by Gasteiger charge is -2.12. The van der Waals surface area contributed by atoms with Crippen molar-refractivity contribution in [3.63, 3.8) is 0 Å². The highest BCUT2D eigenvalue weighted by atomic mass is 35.5. The number of aromatic nitrogens is 2. The molecule has 0 fully saturated rings. The molecule has 0 amide bonds. The van der Waals surface area contributed by atoms with Gasteiger partial charge in [-0.15, -0.1) is 0 Å². The van der Waals surface area contributed by atoms with Crippen LogP contribution in [-0.2, 0) is 0 Å². The Kier molecular flexibility index (Phi) is 5.92. The van der Waals surface area contributed by atoms with Crippen LogP contribution in [0.3, 0.4) is 0 Å². The van der Waals surface area contributed by atoms with Crippen LogP contribution in [-0.4, -0.2) is 29.6 Å². The Balaban J connectivity index is 1.72.